The smallest absolute Gasteiger partial charge is 0.243 e. The van der Waals surface area contributed by atoms with Crippen molar-refractivity contribution in [1.82, 2.24) is 19.9 Å². The van der Waals surface area contributed by atoms with Crippen molar-refractivity contribution in [2.24, 2.45) is 4.99 Å². The number of thiazole rings is 1. The molecule has 2 aromatic rings. The van der Waals surface area contributed by atoms with Gasteiger partial charge in [-0.1, -0.05) is 12.1 Å². The van der Waals surface area contributed by atoms with E-state index in [0.29, 0.717) is 23.9 Å². The van der Waals surface area contributed by atoms with E-state index in [0.717, 1.165) is 22.8 Å². The van der Waals surface area contributed by atoms with Crippen molar-refractivity contribution in [2.45, 2.75) is 58.6 Å². The fourth-order valence-electron chi connectivity index (χ4n) is 2.50. The molecule has 10 heteroatoms. The third-order valence-electron chi connectivity index (χ3n) is 4.57. The van der Waals surface area contributed by atoms with Gasteiger partial charge in [-0.25, -0.2) is 18.4 Å². The van der Waals surface area contributed by atoms with Crippen LogP contribution in [-0.4, -0.2) is 43.3 Å². The summed E-state index contributed by atoms with van der Waals surface area (Å²) in [5.41, 5.74) is 2.00. The van der Waals surface area contributed by atoms with Gasteiger partial charge in [-0.15, -0.1) is 35.3 Å². The topological polar surface area (TPSA) is 86.7 Å². The molecule has 0 saturated carbocycles. The summed E-state index contributed by atoms with van der Waals surface area (Å²) in [5.74, 6) is 0.703. The zero-order valence-electron chi connectivity index (χ0n) is 18.4. The summed E-state index contributed by atoms with van der Waals surface area (Å²) < 4.78 is 26.5. The number of nitrogens with zero attached hydrogens (tertiary/aromatic N) is 3. The van der Waals surface area contributed by atoms with Crippen LogP contribution in [0.2, 0.25) is 0 Å². The van der Waals surface area contributed by atoms with Crippen LogP contribution in [0.25, 0.3) is 0 Å². The van der Waals surface area contributed by atoms with Crippen molar-refractivity contribution in [1.29, 1.82) is 0 Å². The molecular weight excluding hydrogens is 533 g/mol. The van der Waals surface area contributed by atoms with Gasteiger partial charge in [0.05, 0.1) is 23.7 Å². The number of benzene rings is 1. The normalized spacial score (nSPS) is 12.2. The van der Waals surface area contributed by atoms with Gasteiger partial charge < -0.3 is 10.6 Å². The van der Waals surface area contributed by atoms with E-state index < -0.39 is 10.0 Å². The van der Waals surface area contributed by atoms with Crippen LogP contribution >= 0.6 is 35.3 Å². The lowest BCUT2D eigenvalue weighted by Crippen LogP contribution is -2.36. The van der Waals surface area contributed by atoms with Crippen molar-refractivity contribution in [3.63, 3.8) is 0 Å². The van der Waals surface area contributed by atoms with Crippen LogP contribution in [0.15, 0.2) is 34.2 Å². The van der Waals surface area contributed by atoms with Gasteiger partial charge in [0.15, 0.2) is 5.96 Å². The Kier molecular flexibility index (Phi) is 10.7. The molecule has 0 spiro atoms. The lowest BCUT2D eigenvalue weighted by Gasteiger charge is -2.21. The quantitative estimate of drug-likeness (QED) is 0.290. The van der Waals surface area contributed by atoms with Gasteiger partial charge in [-0.05, 0) is 52.3 Å². The summed E-state index contributed by atoms with van der Waals surface area (Å²) in [7, 11) is -1.87. The second-order valence-electron chi connectivity index (χ2n) is 7.06. The Labute approximate surface area is 201 Å². The number of rotatable bonds is 8. The standard InChI is InChI=1S/C20H31N5O2S2.HI/c1-7-21-20(23-13-19-24-15(4)16(5)28-19)22-12-17-8-10-18(11-9-17)29(26,27)25(6)14(2)3;/h8-11,14H,7,12-13H2,1-6H3,(H2,21,22,23);1H. The van der Waals surface area contributed by atoms with Crippen LogP contribution in [0, 0.1) is 13.8 Å². The first kappa shape index (κ1) is 26.8. The molecule has 1 aromatic carbocycles. The largest absolute Gasteiger partial charge is 0.357 e. The minimum Gasteiger partial charge on any atom is -0.357 e. The molecule has 1 heterocycles. The SMILES string of the molecule is CCNC(=NCc1ccc(S(=O)(=O)N(C)C(C)C)cc1)NCc1nc(C)c(C)s1.I. The van der Waals surface area contributed by atoms with Gasteiger partial charge in [0.2, 0.25) is 10.0 Å². The third-order valence-corrected chi connectivity index (χ3v) is 7.69. The van der Waals surface area contributed by atoms with E-state index in [9.17, 15) is 8.42 Å². The molecule has 0 aliphatic carbocycles. The molecule has 0 unspecified atom stereocenters. The maximum atomic E-state index is 12.6. The lowest BCUT2D eigenvalue weighted by molar-refractivity contribution is 0.410. The number of guanidine groups is 1. The Morgan fingerprint density at radius 2 is 1.83 bits per heavy atom. The number of nitrogens with one attached hydrogen (secondary N) is 2. The highest BCUT2D eigenvalue weighted by Gasteiger charge is 2.22. The van der Waals surface area contributed by atoms with Gasteiger partial charge in [-0.3, -0.25) is 0 Å². The average molecular weight is 566 g/mol. The van der Waals surface area contributed by atoms with Crippen molar-refractivity contribution >= 4 is 51.3 Å². The number of aliphatic imine (C=N–C) groups is 1. The molecule has 0 fully saturated rings. The van der Waals surface area contributed by atoms with E-state index in [2.05, 4.69) is 27.5 Å². The first-order valence-corrected chi connectivity index (χ1v) is 11.9. The molecule has 0 aliphatic rings. The Hall–Kier alpha value is -1.24. The monoisotopic (exact) mass is 565 g/mol. The molecule has 1 aromatic heterocycles. The molecular formula is C20H32IN5O2S2. The minimum absolute atomic E-state index is 0. The summed E-state index contributed by atoms with van der Waals surface area (Å²) in [6.07, 6.45) is 0. The molecule has 2 rings (SSSR count). The summed E-state index contributed by atoms with van der Waals surface area (Å²) in [6, 6.07) is 6.80. The summed E-state index contributed by atoms with van der Waals surface area (Å²) in [6.45, 7) is 11.6. The summed E-state index contributed by atoms with van der Waals surface area (Å²) >= 11 is 1.68. The highest BCUT2D eigenvalue weighted by molar-refractivity contribution is 14.0. The first-order chi connectivity index (χ1) is 13.6. The van der Waals surface area contributed by atoms with Gasteiger partial charge in [0.1, 0.15) is 5.01 Å². The Morgan fingerprint density at radius 3 is 2.33 bits per heavy atom. The van der Waals surface area contributed by atoms with Gasteiger partial charge in [0.25, 0.3) is 0 Å². The Bertz CT molecular complexity index is 921. The zero-order chi connectivity index (χ0) is 21.6. The number of hydrogen-bond acceptors (Lipinski definition) is 5. The molecule has 30 heavy (non-hydrogen) atoms. The van der Waals surface area contributed by atoms with E-state index in [4.69, 9.17) is 0 Å². The van der Waals surface area contributed by atoms with Crippen LogP contribution in [0.4, 0.5) is 0 Å². The highest BCUT2D eigenvalue weighted by atomic mass is 127. The molecule has 2 N–H and O–H groups in total. The number of halogens is 1. The van der Waals surface area contributed by atoms with E-state index in [1.165, 1.54) is 9.18 Å². The second-order valence-corrected chi connectivity index (χ2v) is 10.3. The maximum absolute atomic E-state index is 12.6. The van der Waals surface area contributed by atoms with Crippen LogP contribution in [0.3, 0.4) is 0 Å². The molecule has 0 saturated heterocycles. The molecule has 0 radical (unpaired) electrons. The van der Waals surface area contributed by atoms with Crippen molar-refractivity contribution in [2.75, 3.05) is 13.6 Å². The van der Waals surface area contributed by atoms with E-state index in [1.807, 2.05) is 39.8 Å². The molecule has 7 nitrogen and oxygen atoms in total. The number of sulfonamides is 1. The van der Waals surface area contributed by atoms with Crippen LogP contribution in [-0.2, 0) is 23.1 Å². The Morgan fingerprint density at radius 1 is 1.20 bits per heavy atom. The second kappa shape index (κ2) is 12.0. The molecule has 0 aliphatic heterocycles. The van der Waals surface area contributed by atoms with E-state index in [-0.39, 0.29) is 30.0 Å². The van der Waals surface area contributed by atoms with Crippen LogP contribution in [0.1, 0.15) is 41.9 Å². The van der Waals surface area contributed by atoms with Gasteiger partial charge in [0, 0.05) is 24.5 Å². The van der Waals surface area contributed by atoms with Crippen molar-refractivity contribution in [3.05, 3.63) is 45.4 Å². The molecule has 0 atom stereocenters. The summed E-state index contributed by atoms with van der Waals surface area (Å²) in [5, 5.41) is 7.54. The molecule has 0 amide bonds. The summed E-state index contributed by atoms with van der Waals surface area (Å²) in [4.78, 5) is 10.6. The highest BCUT2D eigenvalue weighted by Crippen LogP contribution is 2.18. The van der Waals surface area contributed by atoms with Gasteiger partial charge >= 0.3 is 0 Å². The van der Waals surface area contributed by atoms with Crippen molar-refractivity contribution < 1.29 is 8.42 Å². The number of aryl methyl sites for hydroxylation is 2. The first-order valence-electron chi connectivity index (χ1n) is 9.67. The third kappa shape index (κ3) is 7.17. The van der Waals surface area contributed by atoms with Crippen LogP contribution in [0.5, 0.6) is 0 Å². The van der Waals surface area contributed by atoms with E-state index in [1.54, 1.807) is 30.5 Å². The zero-order valence-corrected chi connectivity index (χ0v) is 22.4. The lowest BCUT2D eigenvalue weighted by atomic mass is 10.2. The number of aromatic nitrogens is 1. The molecule has 0 bridgehead atoms. The number of hydrogen-bond donors (Lipinski definition) is 2. The van der Waals surface area contributed by atoms with Crippen molar-refractivity contribution in [3.8, 4) is 0 Å². The van der Waals surface area contributed by atoms with Crippen LogP contribution < -0.4 is 10.6 Å². The fraction of sp³-hybridized carbons (Fsp3) is 0.500. The minimum atomic E-state index is -3.47. The predicted octanol–water partition coefficient (Wildman–Crippen LogP) is 3.66. The maximum Gasteiger partial charge on any atom is 0.243 e. The molecule has 168 valence electrons. The average Bonchev–Trinajstić information content (AvgIpc) is 3.01. The Balaban J connectivity index is 0.00000450. The predicted molar refractivity (Wildman–Crippen MR) is 135 cm³/mol. The fourth-order valence-corrected chi connectivity index (χ4v) is 4.74. The van der Waals surface area contributed by atoms with E-state index >= 15 is 0 Å². The van der Waals surface area contributed by atoms with Gasteiger partial charge in [-0.2, -0.15) is 4.31 Å².